The Hall–Kier alpha value is -3.40. The van der Waals surface area contributed by atoms with Crippen LogP contribution in [0.2, 0.25) is 0 Å². The minimum absolute atomic E-state index is 0.119. The van der Waals surface area contributed by atoms with Gasteiger partial charge in [0.25, 0.3) is 10.0 Å². The molecule has 0 unspecified atom stereocenters. The second-order valence-corrected chi connectivity index (χ2v) is 8.54. The highest BCUT2D eigenvalue weighted by molar-refractivity contribution is 7.90. The molecule has 1 heterocycles. The number of amidine groups is 1. The maximum absolute atomic E-state index is 12.9. The largest absolute Gasteiger partial charge is 0.497 e. The lowest BCUT2D eigenvalue weighted by molar-refractivity contribution is -0.135. The fourth-order valence-electron chi connectivity index (χ4n) is 3.16. The highest BCUT2D eigenvalue weighted by Gasteiger charge is 2.31. The molecule has 0 fully saturated rings. The van der Waals surface area contributed by atoms with Gasteiger partial charge in [0.15, 0.2) is 0 Å². The summed E-state index contributed by atoms with van der Waals surface area (Å²) in [5.41, 5.74) is 0.971. The third-order valence-corrected chi connectivity index (χ3v) is 6.12. The molecule has 10 heteroatoms. The number of hydrogen-bond acceptors (Lipinski definition) is 6. The van der Waals surface area contributed by atoms with Crippen LogP contribution in [0.3, 0.4) is 0 Å². The minimum Gasteiger partial charge on any atom is -0.497 e. The fraction of sp³-hybridized carbons (Fsp3) is 0.286. The van der Waals surface area contributed by atoms with E-state index in [1.807, 2.05) is 0 Å². The number of anilines is 1. The van der Waals surface area contributed by atoms with E-state index in [-0.39, 0.29) is 29.1 Å². The summed E-state index contributed by atoms with van der Waals surface area (Å²) in [6, 6.07) is 12.4. The predicted molar refractivity (Wildman–Crippen MR) is 117 cm³/mol. The first-order valence-corrected chi connectivity index (χ1v) is 11.2. The van der Waals surface area contributed by atoms with E-state index in [4.69, 9.17) is 4.74 Å². The van der Waals surface area contributed by atoms with Crippen molar-refractivity contribution in [1.29, 1.82) is 0 Å². The van der Waals surface area contributed by atoms with Gasteiger partial charge in [-0.25, -0.2) is 8.42 Å². The number of sulfonamides is 1. The lowest BCUT2D eigenvalue weighted by Gasteiger charge is -2.22. The van der Waals surface area contributed by atoms with Gasteiger partial charge >= 0.3 is 0 Å². The van der Waals surface area contributed by atoms with Crippen molar-refractivity contribution in [3.05, 3.63) is 54.1 Å². The van der Waals surface area contributed by atoms with Crippen LogP contribution >= 0.6 is 0 Å². The lowest BCUT2D eigenvalue weighted by Crippen LogP contribution is -2.42. The number of hydrogen-bond donors (Lipinski definition) is 2. The SMILES string of the molecule is CCN(CC(=O)Nc1cccc(OC)c1)C(=O)[C@H](C)N=C1NS(=O)(=O)c2ccccc21. The van der Waals surface area contributed by atoms with Gasteiger partial charge in [-0.3, -0.25) is 19.3 Å². The Balaban J connectivity index is 1.70. The molecule has 2 amide bonds. The molecule has 2 N–H and O–H groups in total. The highest BCUT2D eigenvalue weighted by Crippen LogP contribution is 2.23. The molecule has 164 valence electrons. The molecule has 0 saturated heterocycles. The monoisotopic (exact) mass is 444 g/mol. The molecule has 2 aromatic carbocycles. The quantitative estimate of drug-likeness (QED) is 0.673. The topological polar surface area (TPSA) is 117 Å². The lowest BCUT2D eigenvalue weighted by atomic mass is 10.2. The molecular weight excluding hydrogens is 420 g/mol. The molecule has 0 aliphatic carbocycles. The van der Waals surface area contributed by atoms with Gasteiger partial charge in [-0.15, -0.1) is 0 Å². The number of likely N-dealkylation sites (N-methyl/N-ethyl adjacent to an activating group) is 1. The molecule has 1 atom stereocenters. The number of carbonyl (C=O) groups is 2. The average Bonchev–Trinajstić information content (AvgIpc) is 3.01. The van der Waals surface area contributed by atoms with Crippen molar-refractivity contribution >= 4 is 33.4 Å². The Morgan fingerprint density at radius 3 is 2.65 bits per heavy atom. The summed E-state index contributed by atoms with van der Waals surface area (Å²) in [7, 11) is -2.16. The number of rotatable bonds is 7. The summed E-state index contributed by atoms with van der Waals surface area (Å²) in [6.07, 6.45) is 0. The molecule has 31 heavy (non-hydrogen) atoms. The normalized spacial score (nSPS) is 16.2. The molecular formula is C21H24N4O5S. The average molecular weight is 445 g/mol. The number of fused-ring (bicyclic) bond motifs is 1. The molecule has 9 nitrogen and oxygen atoms in total. The molecule has 0 saturated carbocycles. The summed E-state index contributed by atoms with van der Waals surface area (Å²) < 4.78 is 32.0. The molecule has 1 aliphatic heterocycles. The highest BCUT2D eigenvalue weighted by atomic mass is 32.2. The summed E-state index contributed by atoms with van der Waals surface area (Å²) >= 11 is 0. The smallest absolute Gasteiger partial charge is 0.263 e. The number of amides is 2. The van der Waals surface area contributed by atoms with Gasteiger partial charge in [-0.2, -0.15) is 0 Å². The summed E-state index contributed by atoms with van der Waals surface area (Å²) in [5, 5.41) is 2.73. The molecule has 1 aliphatic rings. The van der Waals surface area contributed by atoms with E-state index in [0.717, 1.165) is 0 Å². The van der Waals surface area contributed by atoms with Crippen molar-refractivity contribution in [3.63, 3.8) is 0 Å². The van der Waals surface area contributed by atoms with Crippen LogP contribution in [0.1, 0.15) is 19.4 Å². The standard InChI is InChI=1S/C21H24N4O5S/c1-4-25(13-19(26)23-15-8-7-9-16(12-15)30-3)21(27)14(2)22-20-17-10-5-6-11-18(17)31(28,29)24-20/h5-12,14H,4,13H2,1-3H3,(H,22,24)(H,23,26)/t14-/m0/s1. The number of carbonyl (C=O) groups excluding carboxylic acids is 2. The van der Waals surface area contributed by atoms with E-state index in [2.05, 4.69) is 15.0 Å². The van der Waals surface area contributed by atoms with Crippen LogP contribution in [0.4, 0.5) is 5.69 Å². The maximum Gasteiger partial charge on any atom is 0.263 e. The third kappa shape index (κ3) is 5.02. The second-order valence-electron chi connectivity index (χ2n) is 6.89. The number of nitrogens with zero attached hydrogens (tertiary/aromatic N) is 2. The van der Waals surface area contributed by atoms with E-state index in [1.165, 1.54) is 18.1 Å². The van der Waals surface area contributed by atoms with Gasteiger partial charge < -0.3 is 15.0 Å². The molecule has 2 aromatic rings. The molecule has 0 aromatic heterocycles. The van der Waals surface area contributed by atoms with Crippen molar-refractivity contribution < 1.29 is 22.7 Å². The van der Waals surface area contributed by atoms with Gasteiger partial charge in [0.05, 0.1) is 18.6 Å². The van der Waals surface area contributed by atoms with Crippen molar-refractivity contribution in [2.24, 2.45) is 4.99 Å². The van der Waals surface area contributed by atoms with E-state index in [1.54, 1.807) is 56.3 Å². The van der Waals surface area contributed by atoms with E-state index in [0.29, 0.717) is 23.5 Å². The predicted octanol–water partition coefficient (Wildman–Crippen LogP) is 1.61. The Labute approximate surface area is 181 Å². The Morgan fingerprint density at radius 1 is 1.19 bits per heavy atom. The van der Waals surface area contributed by atoms with Crippen molar-refractivity contribution in [2.75, 3.05) is 25.5 Å². The number of methoxy groups -OCH3 is 1. The Kier molecular flexibility index (Phi) is 6.59. The van der Waals surface area contributed by atoms with Gasteiger partial charge in [0.1, 0.15) is 17.6 Å². The van der Waals surface area contributed by atoms with Crippen LogP contribution in [0.5, 0.6) is 5.75 Å². The first kappa shape index (κ1) is 22.3. The summed E-state index contributed by atoms with van der Waals surface area (Å²) in [4.78, 5) is 31.1. The zero-order chi connectivity index (χ0) is 22.6. The van der Waals surface area contributed by atoms with E-state index in [9.17, 15) is 18.0 Å². The van der Waals surface area contributed by atoms with Crippen LogP contribution in [-0.2, 0) is 19.6 Å². The van der Waals surface area contributed by atoms with Crippen molar-refractivity contribution in [1.82, 2.24) is 9.62 Å². The van der Waals surface area contributed by atoms with Crippen LogP contribution in [0, 0.1) is 0 Å². The number of aliphatic imine (C=N–C) groups is 1. The Bertz CT molecular complexity index is 1130. The zero-order valence-corrected chi connectivity index (χ0v) is 18.3. The van der Waals surface area contributed by atoms with Crippen LogP contribution < -0.4 is 14.8 Å². The number of nitrogens with one attached hydrogen (secondary N) is 2. The van der Waals surface area contributed by atoms with Gasteiger partial charge in [-0.05, 0) is 38.1 Å². The number of ether oxygens (including phenoxy) is 1. The fourth-order valence-corrected chi connectivity index (χ4v) is 4.40. The molecule has 0 spiro atoms. The third-order valence-electron chi connectivity index (χ3n) is 4.72. The molecule has 3 rings (SSSR count). The van der Waals surface area contributed by atoms with E-state index >= 15 is 0 Å². The van der Waals surface area contributed by atoms with Crippen molar-refractivity contribution in [3.8, 4) is 5.75 Å². The Morgan fingerprint density at radius 2 is 1.94 bits per heavy atom. The number of benzene rings is 2. The van der Waals surface area contributed by atoms with Gasteiger partial charge in [0.2, 0.25) is 11.8 Å². The van der Waals surface area contributed by atoms with Gasteiger partial charge in [-0.1, -0.05) is 18.2 Å². The minimum atomic E-state index is -3.69. The zero-order valence-electron chi connectivity index (χ0n) is 17.5. The first-order valence-electron chi connectivity index (χ1n) is 9.68. The molecule has 0 radical (unpaired) electrons. The summed E-state index contributed by atoms with van der Waals surface area (Å²) in [5.74, 6) is -0.0344. The van der Waals surface area contributed by atoms with E-state index < -0.39 is 16.1 Å². The summed E-state index contributed by atoms with van der Waals surface area (Å²) in [6.45, 7) is 3.45. The van der Waals surface area contributed by atoms with Crippen LogP contribution in [0.15, 0.2) is 58.4 Å². The first-order chi connectivity index (χ1) is 14.7. The van der Waals surface area contributed by atoms with Crippen LogP contribution in [0.25, 0.3) is 0 Å². The maximum atomic E-state index is 12.9. The van der Waals surface area contributed by atoms with Crippen molar-refractivity contribution in [2.45, 2.75) is 24.8 Å². The van der Waals surface area contributed by atoms with Crippen LogP contribution in [-0.4, -0.2) is 57.2 Å². The second kappa shape index (κ2) is 9.17. The molecule has 0 bridgehead atoms. The van der Waals surface area contributed by atoms with Gasteiger partial charge in [0, 0.05) is 23.9 Å².